The van der Waals surface area contributed by atoms with Gasteiger partial charge >= 0.3 is 0 Å². The fraction of sp³-hybridized carbons (Fsp3) is 1.00. The lowest BCUT2D eigenvalue weighted by Crippen LogP contribution is -2.40. The van der Waals surface area contributed by atoms with Crippen LogP contribution in [-0.2, 0) is 10.0 Å². The molecule has 1 aliphatic rings. The first kappa shape index (κ1) is 11.9. The summed E-state index contributed by atoms with van der Waals surface area (Å²) in [5.41, 5.74) is 0. The van der Waals surface area contributed by atoms with E-state index in [2.05, 4.69) is 10.0 Å². The zero-order valence-corrected chi connectivity index (χ0v) is 9.57. The maximum absolute atomic E-state index is 11.2. The molecule has 0 spiro atoms. The van der Waals surface area contributed by atoms with Crippen molar-refractivity contribution >= 4 is 10.0 Å². The highest BCUT2D eigenvalue weighted by atomic mass is 32.2. The lowest BCUT2D eigenvalue weighted by Gasteiger charge is -2.15. The van der Waals surface area contributed by atoms with Gasteiger partial charge in [-0.25, -0.2) is 13.1 Å². The fourth-order valence-electron chi connectivity index (χ4n) is 1.60. The molecule has 14 heavy (non-hydrogen) atoms. The largest absolute Gasteiger partial charge is 0.313 e. The molecule has 84 valence electrons. The Morgan fingerprint density at radius 3 is 2.86 bits per heavy atom. The third kappa shape index (κ3) is 4.39. The van der Waals surface area contributed by atoms with Gasteiger partial charge in [0, 0.05) is 12.6 Å². The molecule has 1 heterocycles. The van der Waals surface area contributed by atoms with Crippen molar-refractivity contribution in [1.29, 1.82) is 0 Å². The number of rotatable bonds is 4. The van der Waals surface area contributed by atoms with Crippen LogP contribution in [0.25, 0.3) is 0 Å². The van der Waals surface area contributed by atoms with Gasteiger partial charge in [0.15, 0.2) is 0 Å². The van der Waals surface area contributed by atoms with Crippen molar-refractivity contribution in [2.45, 2.75) is 38.6 Å². The maximum Gasteiger partial charge on any atom is 0.211 e. The van der Waals surface area contributed by atoms with Crippen LogP contribution in [0, 0.1) is 0 Å². The van der Waals surface area contributed by atoms with E-state index in [1.807, 2.05) is 0 Å². The average Bonchev–Trinajstić information content (AvgIpc) is 2.43. The zero-order valence-electron chi connectivity index (χ0n) is 8.75. The second kappa shape index (κ2) is 5.68. The van der Waals surface area contributed by atoms with E-state index in [4.69, 9.17) is 0 Å². The summed E-state index contributed by atoms with van der Waals surface area (Å²) in [5, 5.41) is 3.35. The highest BCUT2D eigenvalue weighted by molar-refractivity contribution is 7.89. The van der Waals surface area contributed by atoms with E-state index in [-0.39, 0.29) is 5.75 Å². The van der Waals surface area contributed by atoms with Crippen molar-refractivity contribution in [3.63, 3.8) is 0 Å². The SMILES string of the molecule is CCS(=O)(=O)NCC1CCCCCN1. The van der Waals surface area contributed by atoms with Crippen molar-refractivity contribution in [1.82, 2.24) is 10.0 Å². The van der Waals surface area contributed by atoms with E-state index < -0.39 is 10.0 Å². The van der Waals surface area contributed by atoms with Gasteiger partial charge in [0.1, 0.15) is 0 Å². The average molecular weight is 220 g/mol. The predicted molar refractivity (Wildman–Crippen MR) is 57.7 cm³/mol. The molecular weight excluding hydrogens is 200 g/mol. The monoisotopic (exact) mass is 220 g/mol. The third-order valence-electron chi connectivity index (χ3n) is 2.59. The Labute approximate surface area is 86.5 Å². The normalized spacial score (nSPS) is 24.5. The van der Waals surface area contributed by atoms with Crippen LogP contribution in [0.3, 0.4) is 0 Å². The maximum atomic E-state index is 11.2. The van der Waals surface area contributed by atoms with Gasteiger partial charge in [-0.3, -0.25) is 0 Å². The van der Waals surface area contributed by atoms with E-state index in [1.54, 1.807) is 6.92 Å². The Kier molecular flexibility index (Phi) is 4.84. The summed E-state index contributed by atoms with van der Waals surface area (Å²) in [7, 11) is -3.02. The first-order valence-electron chi connectivity index (χ1n) is 5.35. The minimum Gasteiger partial charge on any atom is -0.313 e. The third-order valence-corrected chi connectivity index (χ3v) is 3.96. The lowest BCUT2D eigenvalue weighted by atomic mass is 10.1. The molecule has 1 rings (SSSR count). The smallest absolute Gasteiger partial charge is 0.211 e. The number of sulfonamides is 1. The highest BCUT2D eigenvalue weighted by Crippen LogP contribution is 2.07. The summed E-state index contributed by atoms with van der Waals surface area (Å²) in [6.07, 6.45) is 4.73. The Bertz CT molecular complexity index is 244. The topological polar surface area (TPSA) is 58.2 Å². The minimum absolute atomic E-state index is 0.166. The van der Waals surface area contributed by atoms with Gasteiger partial charge in [-0.1, -0.05) is 12.8 Å². The molecular formula is C9H20N2O2S. The molecule has 0 aromatic carbocycles. The molecule has 0 aromatic heterocycles. The first-order valence-corrected chi connectivity index (χ1v) is 7.00. The predicted octanol–water partition coefficient (Wildman–Crippen LogP) is 0.458. The number of hydrogen-bond donors (Lipinski definition) is 2. The van der Waals surface area contributed by atoms with Gasteiger partial charge in [0.25, 0.3) is 0 Å². The Hall–Kier alpha value is -0.130. The summed E-state index contributed by atoms with van der Waals surface area (Å²) in [6, 6.07) is 0.318. The van der Waals surface area contributed by atoms with Crippen molar-refractivity contribution < 1.29 is 8.42 Å². The van der Waals surface area contributed by atoms with E-state index in [0.717, 1.165) is 13.0 Å². The highest BCUT2D eigenvalue weighted by Gasteiger charge is 2.14. The van der Waals surface area contributed by atoms with Gasteiger partial charge in [-0.05, 0) is 26.3 Å². The second-order valence-electron chi connectivity index (χ2n) is 3.75. The molecule has 4 nitrogen and oxygen atoms in total. The van der Waals surface area contributed by atoms with Gasteiger partial charge in [-0.2, -0.15) is 0 Å². The summed E-state index contributed by atoms with van der Waals surface area (Å²) in [5.74, 6) is 0.166. The Morgan fingerprint density at radius 1 is 1.36 bits per heavy atom. The van der Waals surface area contributed by atoms with Gasteiger partial charge in [-0.15, -0.1) is 0 Å². The van der Waals surface area contributed by atoms with Crippen LogP contribution in [0.4, 0.5) is 0 Å². The van der Waals surface area contributed by atoms with Crippen LogP contribution in [0.1, 0.15) is 32.6 Å². The van der Waals surface area contributed by atoms with Crippen molar-refractivity contribution in [3.8, 4) is 0 Å². The van der Waals surface area contributed by atoms with Crippen LogP contribution < -0.4 is 10.0 Å². The molecule has 1 aliphatic heterocycles. The summed E-state index contributed by atoms with van der Waals surface area (Å²) in [6.45, 7) is 3.21. The summed E-state index contributed by atoms with van der Waals surface area (Å²) < 4.78 is 25.0. The molecule has 0 bridgehead atoms. The van der Waals surface area contributed by atoms with E-state index in [1.165, 1.54) is 19.3 Å². The zero-order chi connectivity index (χ0) is 10.4. The molecule has 0 saturated carbocycles. The molecule has 0 aliphatic carbocycles. The summed E-state index contributed by atoms with van der Waals surface area (Å²) in [4.78, 5) is 0. The van der Waals surface area contributed by atoms with Gasteiger partial charge in [0.2, 0.25) is 10.0 Å². The van der Waals surface area contributed by atoms with Gasteiger partial charge in [0.05, 0.1) is 5.75 Å². The quantitative estimate of drug-likeness (QED) is 0.723. The van der Waals surface area contributed by atoms with Crippen LogP contribution in [0.15, 0.2) is 0 Å². The van der Waals surface area contributed by atoms with Crippen molar-refractivity contribution in [2.24, 2.45) is 0 Å². The molecule has 1 fully saturated rings. The number of hydrogen-bond acceptors (Lipinski definition) is 3. The standard InChI is InChI=1S/C9H20N2O2S/c1-2-14(12,13)11-8-9-6-4-3-5-7-10-9/h9-11H,2-8H2,1H3. The van der Waals surface area contributed by atoms with Crippen LogP contribution in [-0.4, -0.2) is 33.3 Å². The molecule has 0 radical (unpaired) electrons. The van der Waals surface area contributed by atoms with Crippen LogP contribution >= 0.6 is 0 Å². The van der Waals surface area contributed by atoms with Crippen molar-refractivity contribution in [3.05, 3.63) is 0 Å². The van der Waals surface area contributed by atoms with E-state index in [9.17, 15) is 8.42 Å². The van der Waals surface area contributed by atoms with E-state index >= 15 is 0 Å². The Balaban J connectivity index is 2.29. The number of nitrogens with one attached hydrogen (secondary N) is 2. The molecule has 5 heteroatoms. The molecule has 1 atom stereocenters. The molecule has 2 N–H and O–H groups in total. The lowest BCUT2D eigenvalue weighted by molar-refractivity contribution is 0.495. The van der Waals surface area contributed by atoms with Crippen molar-refractivity contribution in [2.75, 3.05) is 18.8 Å². The first-order chi connectivity index (χ1) is 6.64. The molecule has 1 saturated heterocycles. The fourth-order valence-corrected chi connectivity index (χ4v) is 2.26. The van der Waals surface area contributed by atoms with Gasteiger partial charge < -0.3 is 5.32 Å². The van der Waals surface area contributed by atoms with Crippen LogP contribution in [0.2, 0.25) is 0 Å². The second-order valence-corrected chi connectivity index (χ2v) is 5.85. The molecule has 0 aromatic rings. The summed E-state index contributed by atoms with van der Waals surface area (Å²) >= 11 is 0. The van der Waals surface area contributed by atoms with Crippen LogP contribution in [0.5, 0.6) is 0 Å². The molecule has 0 amide bonds. The molecule has 1 unspecified atom stereocenters. The van der Waals surface area contributed by atoms with E-state index in [0.29, 0.717) is 12.6 Å². The minimum atomic E-state index is -3.02. The Morgan fingerprint density at radius 2 is 2.14 bits per heavy atom.